The molecule has 0 bridgehead atoms. The minimum absolute atomic E-state index is 0.214. The van der Waals surface area contributed by atoms with Crippen LogP contribution in [-0.4, -0.2) is 4.98 Å². The molecular formula is C17H23NS. The van der Waals surface area contributed by atoms with Crippen molar-refractivity contribution in [2.45, 2.75) is 53.4 Å². The highest BCUT2D eigenvalue weighted by Gasteiger charge is 2.16. The lowest BCUT2D eigenvalue weighted by Gasteiger charge is -2.22. The summed E-state index contributed by atoms with van der Waals surface area (Å²) in [5, 5.41) is 3.34. The van der Waals surface area contributed by atoms with E-state index < -0.39 is 0 Å². The Bertz CT molecular complexity index is 565. The standard InChI is InChI=1S/C17H23NS/c1-11-7-14(17(4,5)6)8-12(2)15(11)9-16-18-13(3)10-19-16/h7-8,10H,9H2,1-6H3. The summed E-state index contributed by atoms with van der Waals surface area (Å²) < 4.78 is 0. The lowest BCUT2D eigenvalue weighted by atomic mass is 9.83. The zero-order valence-electron chi connectivity index (χ0n) is 12.8. The monoisotopic (exact) mass is 273 g/mol. The highest BCUT2D eigenvalue weighted by molar-refractivity contribution is 7.09. The molecule has 0 fully saturated rings. The zero-order chi connectivity index (χ0) is 14.2. The number of benzene rings is 1. The summed E-state index contributed by atoms with van der Waals surface area (Å²) in [5.41, 5.74) is 6.97. The number of aromatic nitrogens is 1. The van der Waals surface area contributed by atoms with Gasteiger partial charge in [-0.15, -0.1) is 11.3 Å². The summed E-state index contributed by atoms with van der Waals surface area (Å²) in [4.78, 5) is 4.58. The molecule has 1 aromatic heterocycles. The Balaban J connectivity index is 2.37. The van der Waals surface area contributed by atoms with E-state index in [1.807, 2.05) is 0 Å². The number of hydrogen-bond donors (Lipinski definition) is 0. The fourth-order valence-electron chi connectivity index (χ4n) is 2.34. The second-order valence-corrected chi connectivity index (χ2v) is 7.34. The maximum Gasteiger partial charge on any atom is 0.0972 e. The van der Waals surface area contributed by atoms with Gasteiger partial charge in [0.25, 0.3) is 0 Å². The third-order valence-corrected chi connectivity index (χ3v) is 4.52. The van der Waals surface area contributed by atoms with Gasteiger partial charge in [0.2, 0.25) is 0 Å². The molecule has 0 aliphatic rings. The van der Waals surface area contributed by atoms with Gasteiger partial charge in [-0.1, -0.05) is 32.9 Å². The van der Waals surface area contributed by atoms with E-state index in [4.69, 9.17) is 0 Å². The van der Waals surface area contributed by atoms with E-state index in [1.165, 1.54) is 27.3 Å². The predicted octanol–water partition coefficient (Wildman–Crippen LogP) is 4.96. The quantitative estimate of drug-likeness (QED) is 0.754. The van der Waals surface area contributed by atoms with Crippen LogP contribution in [0, 0.1) is 20.8 Å². The predicted molar refractivity (Wildman–Crippen MR) is 84.3 cm³/mol. The summed E-state index contributed by atoms with van der Waals surface area (Å²) in [6.45, 7) is 13.3. The highest BCUT2D eigenvalue weighted by atomic mass is 32.1. The Morgan fingerprint density at radius 3 is 2.05 bits per heavy atom. The Labute approximate surface area is 120 Å². The Hall–Kier alpha value is -1.15. The topological polar surface area (TPSA) is 12.9 Å². The Morgan fingerprint density at radius 1 is 1.05 bits per heavy atom. The molecular weight excluding hydrogens is 250 g/mol. The molecule has 102 valence electrons. The molecule has 0 spiro atoms. The van der Waals surface area contributed by atoms with Crippen LogP contribution >= 0.6 is 11.3 Å². The minimum Gasteiger partial charge on any atom is -0.246 e. The van der Waals surface area contributed by atoms with Crippen molar-refractivity contribution in [2.75, 3.05) is 0 Å². The molecule has 0 amide bonds. The van der Waals surface area contributed by atoms with E-state index in [0.29, 0.717) is 0 Å². The van der Waals surface area contributed by atoms with Gasteiger partial charge in [-0.2, -0.15) is 0 Å². The van der Waals surface area contributed by atoms with Gasteiger partial charge in [0.05, 0.1) is 5.01 Å². The van der Waals surface area contributed by atoms with Crippen molar-refractivity contribution >= 4 is 11.3 Å². The van der Waals surface area contributed by atoms with Gasteiger partial charge in [0, 0.05) is 17.5 Å². The second-order valence-electron chi connectivity index (χ2n) is 6.40. The average Bonchev–Trinajstić information content (AvgIpc) is 2.68. The summed E-state index contributed by atoms with van der Waals surface area (Å²) >= 11 is 1.76. The van der Waals surface area contributed by atoms with Crippen LogP contribution in [0.4, 0.5) is 0 Å². The van der Waals surface area contributed by atoms with Gasteiger partial charge >= 0.3 is 0 Å². The second kappa shape index (κ2) is 5.09. The first-order chi connectivity index (χ1) is 8.77. The number of rotatable bonds is 2. The van der Waals surface area contributed by atoms with Crippen LogP contribution in [0.25, 0.3) is 0 Å². The van der Waals surface area contributed by atoms with Crippen molar-refractivity contribution in [1.29, 1.82) is 0 Å². The fourth-order valence-corrected chi connectivity index (χ4v) is 3.12. The van der Waals surface area contributed by atoms with E-state index in [2.05, 4.69) is 64.0 Å². The molecule has 0 radical (unpaired) electrons. The first-order valence-corrected chi connectivity index (χ1v) is 7.67. The van der Waals surface area contributed by atoms with E-state index in [-0.39, 0.29) is 5.41 Å². The maximum atomic E-state index is 4.58. The van der Waals surface area contributed by atoms with Gasteiger partial charge in [-0.3, -0.25) is 0 Å². The smallest absolute Gasteiger partial charge is 0.0972 e. The molecule has 19 heavy (non-hydrogen) atoms. The van der Waals surface area contributed by atoms with Crippen molar-refractivity contribution in [2.24, 2.45) is 0 Å². The number of hydrogen-bond acceptors (Lipinski definition) is 2. The van der Waals surface area contributed by atoms with E-state index >= 15 is 0 Å². The largest absolute Gasteiger partial charge is 0.246 e. The van der Waals surface area contributed by atoms with Crippen molar-refractivity contribution < 1.29 is 0 Å². The van der Waals surface area contributed by atoms with Crippen LogP contribution in [-0.2, 0) is 11.8 Å². The molecule has 2 aromatic rings. The van der Waals surface area contributed by atoms with Crippen molar-refractivity contribution in [3.05, 3.63) is 50.5 Å². The number of aryl methyl sites for hydroxylation is 3. The number of nitrogens with zero attached hydrogens (tertiary/aromatic N) is 1. The van der Waals surface area contributed by atoms with Crippen molar-refractivity contribution in [1.82, 2.24) is 4.98 Å². The van der Waals surface area contributed by atoms with Gasteiger partial charge in [0.1, 0.15) is 0 Å². The Morgan fingerprint density at radius 2 is 1.63 bits per heavy atom. The van der Waals surface area contributed by atoms with Crippen LogP contribution in [0.1, 0.15) is 53.7 Å². The van der Waals surface area contributed by atoms with Crippen LogP contribution in [0.15, 0.2) is 17.5 Å². The fraction of sp³-hybridized carbons (Fsp3) is 0.471. The zero-order valence-corrected chi connectivity index (χ0v) is 13.6. The third-order valence-electron chi connectivity index (χ3n) is 3.56. The van der Waals surface area contributed by atoms with Gasteiger partial charge in [-0.05, 0) is 48.4 Å². The van der Waals surface area contributed by atoms with Gasteiger partial charge < -0.3 is 0 Å². The molecule has 1 aromatic carbocycles. The molecule has 0 unspecified atom stereocenters. The SMILES string of the molecule is Cc1csc(Cc2c(C)cc(C(C)(C)C)cc2C)n1. The molecule has 0 saturated heterocycles. The summed E-state index contributed by atoms with van der Waals surface area (Å²) in [6, 6.07) is 4.67. The summed E-state index contributed by atoms with van der Waals surface area (Å²) in [7, 11) is 0. The lowest BCUT2D eigenvalue weighted by Crippen LogP contribution is -2.12. The molecule has 0 aliphatic carbocycles. The average molecular weight is 273 g/mol. The molecule has 0 aliphatic heterocycles. The third kappa shape index (κ3) is 3.24. The first kappa shape index (κ1) is 14.3. The van der Waals surface area contributed by atoms with Crippen LogP contribution in [0.2, 0.25) is 0 Å². The maximum absolute atomic E-state index is 4.58. The molecule has 1 heterocycles. The van der Waals surface area contributed by atoms with Crippen molar-refractivity contribution in [3.8, 4) is 0 Å². The molecule has 0 saturated carbocycles. The molecule has 2 rings (SSSR count). The van der Waals surface area contributed by atoms with Crippen LogP contribution in [0.5, 0.6) is 0 Å². The number of thiazole rings is 1. The molecule has 1 nitrogen and oxygen atoms in total. The van der Waals surface area contributed by atoms with Crippen LogP contribution in [0.3, 0.4) is 0 Å². The minimum atomic E-state index is 0.214. The van der Waals surface area contributed by atoms with Crippen LogP contribution < -0.4 is 0 Å². The van der Waals surface area contributed by atoms with Gasteiger partial charge in [0.15, 0.2) is 0 Å². The summed E-state index contributed by atoms with van der Waals surface area (Å²) in [6.07, 6.45) is 0.959. The lowest BCUT2D eigenvalue weighted by molar-refractivity contribution is 0.589. The highest BCUT2D eigenvalue weighted by Crippen LogP contribution is 2.28. The van der Waals surface area contributed by atoms with Crippen molar-refractivity contribution in [3.63, 3.8) is 0 Å². The molecule has 2 heteroatoms. The molecule has 0 N–H and O–H groups in total. The van der Waals surface area contributed by atoms with E-state index in [0.717, 1.165) is 12.1 Å². The van der Waals surface area contributed by atoms with Gasteiger partial charge in [-0.25, -0.2) is 4.98 Å². The normalized spacial score (nSPS) is 11.9. The van der Waals surface area contributed by atoms with E-state index in [9.17, 15) is 0 Å². The first-order valence-electron chi connectivity index (χ1n) is 6.79. The molecule has 0 atom stereocenters. The van der Waals surface area contributed by atoms with E-state index in [1.54, 1.807) is 11.3 Å². The summed E-state index contributed by atoms with van der Waals surface area (Å²) in [5.74, 6) is 0. The Kier molecular flexibility index (Phi) is 3.82.